The quantitative estimate of drug-likeness (QED) is 0.0583. The number of aromatic carboxylic acids is 1. The van der Waals surface area contributed by atoms with Gasteiger partial charge in [0, 0.05) is 13.2 Å². The summed E-state index contributed by atoms with van der Waals surface area (Å²) in [5.41, 5.74) is 8.30. The Morgan fingerprint density at radius 3 is 1.80 bits per heavy atom. The molecule has 0 aliphatic heterocycles. The molecule has 0 spiro atoms. The first-order chi connectivity index (χ1) is 26.8. The van der Waals surface area contributed by atoms with Gasteiger partial charge in [-0.25, -0.2) is 9.59 Å². The van der Waals surface area contributed by atoms with E-state index in [0.29, 0.717) is 58.4 Å². The van der Waals surface area contributed by atoms with Crippen molar-refractivity contribution < 1.29 is 53.0 Å². The second-order valence-electron chi connectivity index (χ2n) is 13.1. The Labute approximate surface area is 322 Å². The molecule has 11 heteroatoms. The first-order valence-electron chi connectivity index (χ1n) is 18.4. The molecule has 0 heterocycles. The molecule has 0 saturated carbocycles. The van der Waals surface area contributed by atoms with Crippen LogP contribution in [0.4, 0.5) is 0 Å². The van der Waals surface area contributed by atoms with Crippen molar-refractivity contribution in [3.8, 4) is 16.9 Å². The van der Waals surface area contributed by atoms with Crippen LogP contribution in [0, 0.1) is 13.8 Å². The molecule has 4 aromatic rings. The van der Waals surface area contributed by atoms with E-state index >= 15 is 0 Å². The van der Waals surface area contributed by atoms with Gasteiger partial charge in [0.15, 0.2) is 0 Å². The Morgan fingerprint density at radius 2 is 1.22 bits per heavy atom. The van der Waals surface area contributed by atoms with Crippen molar-refractivity contribution in [1.29, 1.82) is 0 Å². The molecule has 0 aromatic heterocycles. The Morgan fingerprint density at radius 1 is 0.673 bits per heavy atom. The number of carbonyl (C=O) groups excluding carboxylic acids is 1. The average Bonchev–Trinajstić information content (AvgIpc) is 3.46. The highest BCUT2D eigenvalue weighted by molar-refractivity contribution is 5.93. The summed E-state index contributed by atoms with van der Waals surface area (Å²) >= 11 is 0. The number of aryl methyl sites for hydroxylation is 2. The molecule has 1 aliphatic rings. The zero-order chi connectivity index (χ0) is 39.0. The number of aliphatic hydroxyl groups excluding tert-OH is 1. The van der Waals surface area contributed by atoms with E-state index in [1.807, 2.05) is 44.1 Å². The third-order valence-corrected chi connectivity index (χ3v) is 9.41. The number of carboxylic acid groups (broad SMARTS) is 1. The van der Waals surface area contributed by atoms with Gasteiger partial charge in [-0.2, -0.15) is 0 Å². The van der Waals surface area contributed by atoms with E-state index in [4.69, 9.17) is 38.3 Å². The maximum absolute atomic E-state index is 12.9. The van der Waals surface area contributed by atoms with E-state index in [-0.39, 0.29) is 44.3 Å². The molecular weight excluding hydrogens is 704 g/mol. The molecule has 55 heavy (non-hydrogen) atoms. The maximum Gasteiger partial charge on any atom is 0.339 e. The monoisotopic (exact) mass is 754 g/mol. The van der Waals surface area contributed by atoms with Gasteiger partial charge in [0.25, 0.3) is 0 Å². The smallest absolute Gasteiger partial charge is 0.339 e. The van der Waals surface area contributed by atoms with Gasteiger partial charge in [-0.05, 0) is 76.6 Å². The highest BCUT2D eigenvalue weighted by atomic mass is 16.6. The van der Waals surface area contributed by atoms with E-state index in [1.54, 1.807) is 19.2 Å². The predicted molar refractivity (Wildman–Crippen MR) is 208 cm³/mol. The zero-order valence-corrected chi connectivity index (χ0v) is 31.8. The summed E-state index contributed by atoms with van der Waals surface area (Å²) in [6.45, 7) is 8.20. The van der Waals surface area contributed by atoms with Crippen LogP contribution in [-0.2, 0) is 45.2 Å². The number of methoxy groups -OCH3 is 1. The number of rotatable bonds is 24. The molecule has 0 bridgehead atoms. The van der Waals surface area contributed by atoms with Gasteiger partial charge in [0.1, 0.15) is 23.9 Å². The van der Waals surface area contributed by atoms with E-state index < -0.39 is 11.4 Å². The lowest BCUT2D eigenvalue weighted by Crippen LogP contribution is -2.29. The Hall–Kier alpha value is -4.68. The van der Waals surface area contributed by atoms with Gasteiger partial charge in [0.2, 0.25) is 0 Å². The summed E-state index contributed by atoms with van der Waals surface area (Å²) in [5.74, 6) is 1.07. The average molecular weight is 755 g/mol. The second-order valence-corrected chi connectivity index (χ2v) is 13.1. The Balaban J connectivity index is 1.50. The first kappa shape index (κ1) is 41.5. The largest absolute Gasteiger partial charge is 0.490 e. The summed E-state index contributed by atoms with van der Waals surface area (Å²) in [4.78, 5) is 24.8. The molecule has 1 aliphatic carbocycles. The van der Waals surface area contributed by atoms with Crippen LogP contribution < -0.4 is 4.74 Å². The highest BCUT2D eigenvalue weighted by Gasteiger charge is 2.47. The number of carbonyl (C=O) groups is 1. The molecule has 5 rings (SSSR count). The van der Waals surface area contributed by atoms with Crippen molar-refractivity contribution in [2.45, 2.75) is 25.9 Å². The van der Waals surface area contributed by atoms with E-state index in [9.17, 15) is 14.7 Å². The molecule has 11 nitrogen and oxygen atoms in total. The molecule has 0 amide bonds. The van der Waals surface area contributed by atoms with Crippen LogP contribution in [0.15, 0.2) is 72.8 Å². The fourth-order valence-corrected chi connectivity index (χ4v) is 6.92. The van der Waals surface area contributed by atoms with E-state index in [1.165, 1.54) is 6.08 Å². The Kier molecular flexibility index (Phi) is 15.7. The zero-order valence-electron chi connectivity index (χ0n) is 31.8. The summed E-state index contributed by atoms with van der Waals surface area (Å²) in [6.07, 6.45) is 1.40. The SMILES string of the molecule is COCCOCCOCCOc1ccc(C2(c3ccc(COCCOCCOCCO)c(C=C=O)c3)c3cc(C)ccc3-c3ccc(C)cc32)cc1C(=O)O. The van der Waals surface area contributed by atoms with Crippen LogP contribution >= 0.6 is 0 Å². The summed E-state index contributed by atoms with van der Waals surface area (Å²) in [6, 6.07) is 24.0. The molecule has 0 fully saturated rings. The van der Waals surface area contributed by atoms with Gasteiger partial charge >= 0.3 is 5.97 Å². The lowest BCUT2D eigenvalue weighted by molar-refractivity contribution is 0.00448. The molecule has 0 unspecified atom stereocenters. The first-order valence-corrected chi connectivity index (χ1v) is 18.4. The van der Waals surface area contributed by atoms with Crippen molar-refractivity contribution >= 4 is 18.0 Å². The van der Waals surface area contributed by atoms with Crippen molar-refractivity contribution in [3.05, 3.63) is 123 Å². The minimum absolute atomic E-state index is 0.0234. The topological polar surface area (TPSA) is 139 Å². The van der Waals surface area contributed by atoms with Gasteiger partial charge in [-0.3, -0.25) is 0 Å². The number of hydrogen-bond donors (Lipinski definition) is 2. The van der Waals surface area contributed by atoms with Crippen LogP contribution in [-0.4, -0.2) is 109 Å². The molecule has 0 radical (unpaired) electrons. The van der Waals surface area contributed by atoms with Crippen LogP contribution in [0.5, 0.6) is 5.75 Å². The summed E-state index contributed by atoms with van der Waals surface area (Å²) < 4.78 is 38.7. The normalized spacial score (nSPS) is 12.6. The second kappa shape index (κ2) is 20.8. The minimum atomic E-state index is -1.12. The highest BCUT2D eigenvalue weighted by Crippen LogP contribution is 2.57. The lowest BCUT2D eigenvalue weighted by atomic mass is 9.66. The van der Waals surface area contributed by atoms with Crippen molar-refractivity contribution in [2.24, 2.45) is 0 Å². The van der Waals surface area contributed by atoms with Crippen LogP contribution in [0.2, 0.25) is 0 Å². The summed E-state index contributed by atoms with van der Waals surface area (Å²) in [5, 5.41) is 19.3. The van der Waals surface area contributed by atoms with Crippen LogP contribution in [0.3, 0.4) is 0 Å². The Bertz CT molecular complexity index is 1810. The van der Waals surface area contributed by atoms with Crippen LogP contribution in [0.1, 0.15) is 54.9 Å². The van der Waals surface area contributed by atoms with Gasteiger partial charge in [0.05, 0.1) is 84.7 Å². The fraction of sp³-hybridized carbons (Fsp3) is 0.386. The molecule has 0 atom stereocenters. The van der Waals surface area contributed by atoms with Gasteiger partial charge in [-0.15, -0.1) is 0 Å². The van der Waals surface area contributed by atoms with E-state index in [2.05, 4.69) is 36.4 Å². The van der Waals surface area contributed by atoms with Crippen molar-refractivity contribution in [2.75, 3.05) is 86.4 Å². The van der Waals surface area contributed by atoms with E-state index in [0.717, 1.165) is 50.1 Å². The lowest BCUT2D eigenvalue weighted by Gasteiger charge is -2.35. The number of benzene rings is 4. The van der Waals surface area contributed by atoms with Crippen molar-refractivity contribution in [1.82, 2.24) is 0 Å². The van der Waals surface area contributed by atoms with Gasteiger partial charge < -0.3 is 43.4 Å². The van der Waals surface area contributed by atoms with Crippen LogP contribution in [0.25, 0.3) is 17.2 Å². The minimum Gasteiger partial charge on any atom is -0.490 e. The molecule has 0 saturated heterocycles. The number of aliphatic hydroxyl groups is 1. The molecule has 2 N–H and O–H groups in total. The molecule has 292 valence electrons. The number of ether oxygens (including phenoxy) is 7. The van der Waals surface area contributed by atoms with Gasteiger partial charge in [-0.1, -0.05) is 65.7 Å². The molecular formula is C44H50O11. The summed E-state index contributed by atoms with van der Waals surface area (Å²) in [7, 11) is 1.61. The number of hydrogen-bond acceptors (Lipinski definition) is 10. The number of carboxylic acids is 1. The third kappa shape index (κ3) is 10.1. The van der Waals surface area contributed by atoms with Crippen molar-refractivity contribution in [3.63, 3.8) is 0 Å². The molecule has 4 aromatic carbocycles. The standard InChI is InChI=1S/C44H50O11/c1-31-4-9-37-38-10-5-32(2)27-41(38)44(40(37)26-31,35-7-6-34(33(28-35)12-13-45)30-54-23-22-52-19-18-50-15-14-46)36-8-11-42(39(29-36)43(47)48)55-25-24-53-21-20-51-17-16-49-3/h4-12,26-29,46H,14-25,30H2,1-3H3,(H,47,48). The maximum atomic E-state index is 12.9. The predicted octanol–water partition coefficient (Wildman–Crippen LogP) is 5.81. The third-order valence-electron chi connectivity index (χ3n) is 9.41. The number of fused-ring (bicyclic) bond motifs is 3. The fourth-order valence-electron chi connectivity index (χ4n) is 6.92.